The predicted octanol–water partition coefficient (Wildman–Crippen LogP) is 1.55. The summed E-state index contributed by atoms with van der Waals surface area (Å²) in [6, 6.07) is 2.36. The number of nitrogens with one attached hydrogen (secondary N) is 1. The second kappa shape index (κ2) is 5.70. The second-order valence-corrected chi connectivity index (χ2v) is 4.24. The van der Waals surface area contributed by atoms with Gasteiger partial charge in [-0.3, -0.25) is 4.68 Å². The molecule has 1 aromatic heterocycles. The molecule has 1 N–H and O–H groups in total. The highest BCUT2D eigenvalue weighted by molar-refractivity contribution is 4.84. The lowest BCUT2D eigenvalue weighted by molar-refractivity contribution is 0.119. The fraction of sp³-hybridized carbons (Fsp3) is 0.583. The van der Waals surface area contributed by atoms with Crippen molar-refractivity contribution in [3.63, 3.8) is 0 Å². The SMILES string of the molecule is CC(Cn1cccn1)NCC1CCC=CO1. The van der Waals surface area contributed by atoms with Gasteiger partial charge in [0.2, 0.25) is 0 Å². The molecule has 2 unspecified atom stereocenters. The summed E-state index contributed by atoms with van der Waals surface area (Å²) in [7, 11) is 0. The van der Waals surface area contributed by atoms with Crippen LogP contribution in [0.2, 0.25) is 0 Å². The molecule has 0 saturated carbocycles. The van der Waals surface area contributed by atoms with E-state index >= 15 is 0 Å². The van der Waals surface area contributed by atoms with Gasteiger partial charge < -0.3 is 10.1 Å². The first-order valence-corrected chi connectivity index (χ1v) is 5.86. The monoisotopic (exact) mass is 221 g/mol. The number of ether oxygens (including phenoxy) is 1. The van der Waals surface area contributed by atoms with Crippen LogP contribution in [-0.2, 0) is 11.3 Å². The van der Waals surface area contributed by atoms with Gasteiger partial charge in [0.05, 0.1) is 12.8 Å². The van der Waals surface area contributed by atoms with Crippen molar-refractivity contribution in [2.24, 2.45) is 0 Å². The maximum atomic E-state index is 5.50. The van der Waals surface area contributed by atoms with Gasteiger partial charge in [-0.15, -0.1) is 0 Å². The number of aromatic nitrogens is 2. The summed E-state index contributed by atoms with van der Waals surface area (Å²) in [4.78, 5) is 0. The van der Waals surface area contributed by atoms with Gasteiger partial charge in [0.25, 0.3) is 0 Å². The van der Waals surface area contributed by atoms with Crippen LogP contribution in [0.1, 0.15) is 19.8 Å². The zero-order valence-corrected chi connectivity index (χ0v) is 9.67. The van der Waals surface area contributed by atoms with Crippen LogP contribution < -0.4 is 5.32 Å². The molecule has 2 atom stereocenters. The third kappa shape index (κ3) is 3.38. The average molecular weight is 221 g/mol. The van der Waals surface area contributed by atoms with Gasteiger partial charge >= 0.3 is 0 Å². The fourth-order valence-electron chi connectivity index (χ4n) is 1.82. The van der Waals surface area contributed by atoms with Gasteiger partial charge in [0.1, 0.15) is 6.10 Å². The summed E-state index contributed by atoms with van der Waals surface area (Å²) < 4.78 is 7.44. The first kappa shape index (κ1) is 11.2. The van der Waals surface area contributed by atoms with E-state index in [0.717, 1.165) is 25.9 Å². The van der Waals surface area contributed by atoms with Crippen molar-refractivity contribution in [3.8, 4) is 0 Å². The molecule has 1 aliphatic rings. The van der Waals surface area contributed by atoms with Crippen LogP contribution in [-0.4, -0.2) is 28.5 Å². The van der Waals surface area contributed by atoms with Crippen LogP contribution in [0.3, 0.4) is 0 Å². The smallest absolute Gasteiger partial charge is 0.110 e. The largest absolute Gasteiger partial charge is 0.497 e. The van der Waals surface area contributed by atoms with Gasteiger partial charge in [-0.2, -0.15) is 5.10 Å². The van der Waals surface area contributed by atoms with Gasteiger partial charge in [-0.05, 0) is 31.9 Å². The Morgan fingerprint density at radius 1 is 1.62 bits per heavy atom. The zero-order chi connectivity index (χ0) is 11.2. The fourth-order valence-corrected chi connectivity index (χ4v) is 1.82. The van der Waals surface area contributed by atoms with E-state index in [1.165, 1.54) is 0 Å². The lowest BCUT2D eigenvalue weighted by Crippen LogP contribution is -2.37. The molecule has 1 aromatic rings. The summed E-state index contributed by atoms with van der Waals surface area (Å²) in [5.41, 5.74) is 0. The highest BCUT2D eigenvalue weighted by Crippen LogP contribution is 2.09. The Balaban J connectivity index is 1.67. The van der Waals surface area contributed by atoms with Crippen LogP contribution in [0.25, 0.3) is 0 Å². The maximum absolute atomic E-state index is 5.50. The summed E-state index contributed by atoms with van der Waals surface area (Å²) in [6.07, 6.45) is 10.2. The van der Waals surface area contributed by atoms with Crippen molar-refractivity contribution in [2.45, 2.75) is 38.5 Å². The molecule has 0 amide bonds. The zero-order valence-electron chi connectivity index (χ0n) is 9.67. The van der Waals surface area contributed by atoms with E-state index in [-0.39, 0.29) is 0 Å². The van der Waals surface area contributed by atoms with Crippen LogP contribution in [0, 0.1) is 0 Å². The predicted molar refractivity (Wildman–Crippen MR) is 62.9 cm³/mol. The molecule has 0 fully saturated rings. The highest BCUT2D eigenvalue weighted by atomic mass is 16.5. The topological polar surface area (TPSA) is 39.1 Å². The van der Waals surface area contributed by atoms with Gasteiger partial charge in [-0.1, -0.05) is 0 Å². The number of rotatable bonds is 5. The first-order chi connectivity index (χ1) is 7.84. The Morgan fingerprint density at radius 2 is 2.56 bits per heavy atom. The second-order valence-electron chi connectivity index (χ2n) is 4.24. The molecule has 0 radical (unpaired) electrons. The molecule has 0 bridgehead atoms. The molecule has 0 spiro atoms. The van der Waals surface area contributed by atoms with Gasteiger partial charge in [0, 0.05) is 25.0 Å². The lowest BCUT2D eigenvalue weighted by atomic mass is 10.1. The quantitative estimate of drug-likeness (QED) is 0.820. The number of allylic oxidation sites excluding steroid dienone is 1. The van der Waals surface area contributed by atoms with E-state index in [4.69, 9.17) is 4.74 Å². The van der Waals surface area contributed by atoms with E-state index in [0.29, 0.717) is 12.1 Å². The Labute approximate surface area is 96.3 Å². The molecule has 4 nitrogen and oxygen atoms in total. The van der Waals surface area contributed by atoms with Gasteiger partial charge in [0.15, 0.2) is 0 Å². The normalized spacial score (nSPS) is 21.7. The molecule has 88 valence electrons. The minimum absolute atomic E-state index is 0.324. The number of hydrogen-bond acceptors (Lipinski definition) is 3. The minimum atomic E-state index is 0.324. The molecule has 1 aliphatic heterocycles. The number of hydrogen-bond donors (Lipinski definition) is 1. The average Bonchev–Trinajstić information content (AvgIpc) is 2.81. The molecule has 0 aliphatic carbocycles. The molecular formula is C12H19N3O. The molecule has 16 heavy (non-hydrogen) atoms. The molecular weight excluding hydrogens is 202 g/mol. The van der Waals surface area contributed by atoms with Crippen molar-refractivity contribution in [3.05, 3.63) is 30.8 Å². The van der Waals surface area contributed by atoms with Crippen molar-refractivity contribution < 1.29 is 4.74 Å². The first-order valence-electron chi connectivity index (χ1n) is 5.86. The van der Waals surface area contributed by atoms with Crippen molar-refractivity contribution in [1.82, 2.24) is 15.1 Å². The van der Waals surface area contributed by atoms with Crippen LogP contribution in [0.5, 0.6) is 0 Å². The molecule has 4 heteroatoms. The summed E-state index contributed by atoms with van der Waals surface area (Å²) in [5.74, 6) is 0. The summed E-state index contributed by atoms with van der Waals surface area (Å²) in [5, 5.41) is 7.66. The van der Waals surface area contributed by atoms with E-state index in [1.807, 2.05) is 29.4 Å². The van der Waals surface area contributed by atoms with Crippen molar-refractivity contribution in [2.75, 3.05) is 6.54 Å². The van der Waals surface area contributed by atoms with Crippen molar-refractivity contribution >= 4 is 0 Å². The Hall–Kier alpha value is -1.29. The third-order valence-electron chi connectivity index (χ3n) is 2.74. The summed E-state index contributed by atoms with van der Waals surface area (Å²) in [6.45, 7) is 3.97. The van der Waals surface area contributed by atoms with E-state index in [9.17, 15) is 0 Å². The minimum Gasteiger partial charge on any atom is -0.497 e. The third-order valence-corrected chi connectivity index (χ3v) is 2.74. The molecule has 2 heterocycles. The summed E-state index contributed by atoms with van der Waals surface area (Å²) >= 11 is 0. The Kier molecular flexibility index (Phi) is 3.99. The Bertz CT molecular complexity index is 321. The molecule has 0 aromatic carbocycles. The Morgan fingerprint density at radius 3 is 3.25 bits per heavy atom. The van der Waals surface area contributed by atoms with Gasteiger partial charge in [-0.25, -0.2) is 0 Å². The highest BCUT2D eigenvalue weighted by Gasteiger charge is 2.12. The lowest BCUT2D eigenvalue weighted by Gasteiger charge is -2.22. The molecule has 2 rings (SSSR count). The van der Waals surface area contributed by atoms with Crippen LogP contribution >= 0.6 is 0 Å². The van der Waals surface area contributed by atoms with Crippen LogP contribution in [0.4, 0.5) is 0 Å². The standard InChI is InChI=1S/C12H19N3O/c1-11(10-15-7-4-6-14-15)13-9-12-5-2-3-8-16-12/h3-4,6-8,11-13H,2,5,9-10H2,1H3. The maximum Gasteiger partial charge on any atom is 0.110 e. The van der Waals surface area contributed by atoms with E-state index in [2.05, 4.69) is 23.4 Å². The molecule has 0 saturated heterocycles. The van der Waals surface area contributed by atoms with E-state index in [1.54, 1.807) is 0 Å². The van der Waals surface area contributed by atoms with Crippen LogP contribution in [0.15, 0.2) is 30.8 Å². The number of nitrogens with zero attached hydrogens (tertiary/aromatic N) is 2. The van der Waals surface area contributed by atoms with Crippen molar-refractivity contribution in [1.29, 1.82) is 0 Å². The van der Waals surface area contributed by atoms with E-state index < -0.39 is 0 Å².